The topological polar surface area (TPSA) is 75.6 Å². The molecule has 0 bridgehead atoms. The molecule has 1 aromatic carbocycles. The van der Waals surface area contributed by atoms with E-state index in [0.29, 0.717) is 5.75 Å². The fraction of sp³-hybridized carbons (Fsp3) is 0.467. The van der Waals surface area contributed by atoms with Crippen molar-refractivity contribution in [2.45, 2.75) is 18.9 Å². The molecule has 116 valence electrons. The maximum Gasteiger partial charge on any atom is 0.306 e. The highest BCUT2D eigenvalue weighted by molar-refractivity contribution is 7.99. The van der Waals surface area contributed by atoms with E-state index in [0.717, 1.165) is 12.2 Å². The number of aryl methyl sites for hydroxylation is 1. The Hall–Kier alpha value is -1.53. The fourth-order valence-corrected chi connectivity index (χ4v) is 2.52. The SMILES string of the molecule is COC(CNC(=O)CSCCc1ccccc1)CC(=O)O. The van der Waals surface area contributed by atoms with Crippen LogP contribution in [-0.4, -0.2) is 48.2 Å². The first-order chi connectivity index (χ1) is 10.1. The number of hydrogen-bond donors (Lipinski definition) is 2. The standard InChI is InChI=1S/C15H21NO4S/c1-20-13(9-15(18)19)10-16-14(17)11-21-8-7-12-5-3-2-4-6-12/h2-6,13H,7-11H2,1H3,(H,16,17)(H,18,19). The van der Waals surface area contributed by atoms with E-state index in [1.807, 2.05) is 18.2 Å². The van der Waals surface area contributed by atoms with Crippen LogP contribution in [-0.2, 0) is 20.7 Å². The number of hydrogen-bond acceptors (Lipinski definition) is 4. The van der Waals surface area contributed by atoms with Gasteiger partial charge in [-0.25, -0.2) is 0 Å². The predicted molar refractivity (Wildman–Crippen MR) is 83.5 cm³/mol. The van der Waals surface area contributed by atoms with E-state index in [-0.39, 0.29) is 18.9 Å². The Balaban J connectivity index is 2.12. The third kappa shape index (κ3) is 8.37. The van der Waals surface area contributed by atoms with E-state index < -0.39 is 12.1 Å². The Morgan fingerprint density at radius 3 is 2.67 bits per heavy atom. The minimum atomic E-state index is -0.937. The molecule has 0 aromatic heterocycles. The summed E-state index contributed by atoms with van der Waals surface area (Å²) in [6.07, 6.45) is 0.331. The van der Waals surface area contributed by atoms with Crippen molar-refractivity contribution in [3.63, 3.8) is 0 Å². The van der Waals surface area contributed by atoms with Gasteiger partial charge in [0.25, 0.3) is 0 Å². The number of methoxy groups -OCH3 is 1. The van der Waals surface area contributed by atoms with Crippen molar-refractivity contribution in [2.75, 3.05) is 25.2 Å². The highest BCUT2D eigenvalue weighted by atomic mass is 32.2. The first-order valence-electron chi connectivity index (χ1n) is 6.74. The number of benzene rings is 1. The molecule has 0 aliphatic carbocycles. The van der Waals surface area contributed by atoms with Gasteiger partial charge in [-0.2, -0.15) is 11.8 Å². The van der Waals surface area contributed by atoms with Gasteiger partial charge in [-0.05, 0) is 17.7 Å². The van der Waals surface area contributed by atoms with Gasteiger partial charge in [0.05, 0.1) is 18.3 Å². The molecule has 0 aliphatic rings. The molecule has 0 radical (unpaired) electrons. The van der Waals surface area contributed by atoms with Gasteiger partial charge in [-0.3, -0.25) is 9.59 Å². The van der Waals surface area contributed by atoms with Crippen molar-refractivity contribution in [1.82, 2.24) is 5.32 Å². The summed E-state index contributed by atoms with van der Waals surface area (Å²) in [5, 5.41) is 11.4. The van der Waals surface area contributed by atoms with Crippen LogP contribution < -0.4 is 5.32 Å². The Bertz CT molecular complexity index is 439. The van der Waals surface area contributed by atoms with Gasteiger partial charge in [0.1, 0.15) is 0 Å². The summed E-state index contributed by atoms with van der Waals surface area (Å²) in [6.45, 7) is 0.223. The summed E-state index contributed by atoms with van der Waals surface area (Å²) in [5.74, 6) is 0.213. The monoisotopic (exact) mass is 311 g/mol. The molecule has 0 aliphatic heterocycles. The molecular formula is C15H21NO4S. The third-order valence-electron chi connectivity index (χ3n) is 2.87. The fourth-order valence-electron chi connectivity index (χ4n) is 1.71. The average molecular weight is 311 g/mol. The van der Waals surface area contributed by atoms with Crippen molar-refractivity contribution in [2.24, 2.45) is 0 Å². The number of carbonyl (C=O) groups is 2. The van der Waals surface area contributed by atoms with Gasteiger partial charge in [0, 0.05) is 13.7 Å². The lowest BCUT2D eigenvalue weighted by Crippen LogP contribution is -2.35. The molecule has 0 spiro atoms. The van der Waals surface area contributed by atoms with E-state index in [1.54, 1.807) is 11.8 Å². The first kappa shape index (κ1) is 17.5. The largest absolute Gasteiger partial charge is 0.481 e. The number of rotatable bonds is 10. The summed E-state index contributed by atoms with van der Waals surface area (Å²) in [5.41, 5.74) is 1.26. The summed E-state index contributed by atoms with van der Waals surface area (Å²) in [7, 11) is 1.44. The Morgan fingerprint density at radius 1 is 1.33 bits per heavy atom. The van der Waals surface area contributed by atoms with Crippen LogP contribution in [0.5, 0.6) is 0 Å². The molecule has 5 nitrogen and oxygen atoms in total. The van der Waals surface area contributed by atoms with Gasteiger partial charge in [0.2, 0.25) is 5.91 Å². The van der Waals surface area contributed by atoms with Gasteiger partial charge in [0.15, 0.2) is 0 Å². The molecule has 1 atom stereocenters. The third-order valence-corrected chi connectivity index (χ3v) is 3.83. The number of aliphatic carboxylic acids is 1. The number of carboxylic acids is 1. The molecule has 1 amide bonds. The van der Waals surface area contributed by atoms with Gasteiger partial charge < -0.3 is 15.2 Å². The van der Waals surface area contributed by atoms with Crippen LogP contribution in [0.15, 0.2) is 30.3 Å². The van der Waals surface area contributed by atoms with Crippen LogP contribution in [0.4, 0.5) is 0 Å². The number of carbonyl (C=O) groups excluding carboxylic acids is 1. The molecule has 0 heterocycles. The molecule has 1 rings (SSSR count). The smallest absolute Gasteiger partial charge is 0.306 e. The van der Waals surface area contributed by atoms with Gasteiger partial charge in [-0.1, -0.05) is 30.3 Å². The summed E-state index contributed by atoms with van der Waals surface area (Å²) >= 11 is 1.56. The van der Waals surface area contributed by atoms with Crippen LogP contribution in [0.3, 0.4) is 0 Å². The van der Waals surface area contributed by atoms with Crippen molar-refractivity contribution < 1.29 is 19.4 Å². The second-order valence-corrected chi connectivity index (χ2v) is 5.65. The number of nitrogens with one attached hydrogen (secondary N) is 1. The molecule has 0 fully saturated rings. The molecule has 1 unspecified atom stereocenters. The van der Waals surface area contributed by atoms with E-state index >= 15 is 0 Å². The second kappa shape index (κ2) is 10.2. The van der Waals surface area contributed by atoms with Crippen LogP contribution in [0.2, 0.25) is 0 Å². The maximum atomic E-state index is 11.6. The summed E-state index contributed by atoms with van der Waals surface area (Å²) < 4.78 is 4.99. The number of amides is 1. The zero-order valence-electron chi connectivity index (χ0n) is 12.1. The van der Waals surface area contributed by atoms with Crippen molar-refractivity contribution in [3.8, 4) is 0 Å². The zero-order valence-corrected chi connectivity index (χ0v) is 12.9. The first-order valence-corrected chi connectivity index (χ1v) is 7.90. The molecular weight excluding hydrogens is 290 g/mol. The Labute approximate surface area is 129 Å². The van der Waals surface area contributed by atoms with E-state index in [2.05, 4.69) is 17.4 Å². The quantitative estimate of drug-likeness (QED) is 0.642. The van der Waals surface area contributed by atoms with Crippen molar-refractivity contribution in [3.05, 3.63) is 35.9 Å². The zero-order chi connectivity index (χ0) is 15.5. The second-order valence-electron chi connectivity index (χ2n) is 4.55. The molecule has 21 heavy (non-hydrogen) atoms. The minimum absolute atomic E-state index is 0.0968. The lowest BCUT2D eigenvalue weighted by Gasteiger charge is -2.13. The lowest BCUT2D eigenvalue weighted by atomic mass is 10.2. The number of carboxylic acid groups (broad SMARTS) is 1. The Morgan fingerprint density at radius 2 is 2.05 bits per heavy atom. The maximum absolute atomic E-state index is 11.6. The molecule has 1 aromatic rings. The van der Waals surface area contributed by atoms with Crippen LogP contribution in [0.25, 0.3) is 0 Å². The van der Waals surface area contributed by atoms with E-state index in [1.165, 1.54) is 12.7 Å². The molecule has 0 saturated heterocycles. The Kier molecular flexibility index (Phi) is 8.54. The van der Waals surface area contributed by atoms with Crippen LogP contribution >= 0.6 is 11.8 Å². The number of thioether (sulfide) groups is 1. The summed E-state index contributed by atoms with van der Waals surface area (Å²) in [6, 6.07) is 10.1. The minimum Gasteiger partial charge on any atom is -0.481 e. The van der Waals surface area contributed by atoms with Crippen LogP contribution in [0, 0.1) is 0 Å². The molecule has 2 N–H and O–H groups in total. The van der Waals surface area contributed by atoms with Gasteiger partial charge >= 0.3 is 5.97 Å². The molecule has 0 saturated carbocycles. The highest BCUT2D eigenvalue weighted by Crippen LogP contribution is 2.06. The average Bonchev–Trinajstić information content (AvgIpc) is 2.48. The van der Waals surface area contributed by atoms with E-state index in [4.69, 9.17) is 9.84 Å². The predicted octanol–water partition coefficient (Wildman–Crippen LogP) is 1.57. The van der Waals surface area contributed by atoms with Crippen molar-refractivity contribution >= 4 is 23.6 Å². The molecule has 6 heteroatoms. The van der Waals surface area contributed by atoms with Crippen molar-refractivity contribution in [1.29, 1.82) is 0 Å². The lowest BCUT2D eigenvalue weighted by molar-refractivity contribution is -0.140. The van der Waals surface area contributed by atoms with E-state index in [9.17, 15) is 9.59 Å². The highest BCUT2D eigenvalue weighted by Gasteiger charge is 2.13. The normalized spacial score (nSPS) is 11.9. The number of ether oxygens (including phenoxy) is 1. The summed E-state index contributed by atoms with van der Waals surface area (Å²) in [4.78, 5) is 22.2. The van der Waals surface area contributed by atoms with Crippen LogP contribution in [0.1, 0.15) is 12.0 Å². The van der Waals surface area contributed by atoms with Gasteiger partial charge in [-0.15, -0.1) is 0 Å².